The minimum Gasteiger partial charge on any atom is -0.388 e. The number of halogens is 1. The van der Waals surface area contributed by atoms with Crippen molar-refractivity contribution in [2.75, 3.05) is 47.2 Å². The Labute approximate surface area is 237 Å². The second kappa shape index (κ2) is 11.3. The Balaban J connectivity index is 1.36. The Bertz CT molecular complexity index is 1450. The quantitative estimate of drug-likeness (QED) is 0.251. The first-order valence-corrected chi connectivity index (χ1v) is 14.6. The van der Waals surface area contributed by atoms with E-state index in [0.717, 1.165) is 36.7 Å². The van der Waals surface area contributed by atoms with Gasteiger partial charge in [-0.3, -0.25) is 0 Å². The molecule has 6 heteroatoms. The van der Waals surface area contributed by atoms with Crippen LogP contribution in [0.5, 0.6) is 0 Å². The van der Waals surface area contributed by atoms with Crippen molar-refractivity contribution in [1.29, 1.82) is 0 Å². The standard InChI is InChI=1S/C34H40FN5/c1-24-33(37-29-9-5-4-6-10-29)32(34(38(24)3)25-12-14-27(35)15-13-25)26-8-7-11-31(22-26)40-21-20-39(23-40)30-18-16-28(36-2)17-19-30/h7-8,11-19,22,29,36-37H,4-6,9-10,20-21,23H2,1-3H3. The maximum atomic E-state index is 13.9. The highest BCUT2D eigenvalue weighted by molar-refractivity contribution is 5.94. The van der Waals surface area contributed by atoms with E-state index in [1.807, 2.05) is 19.2 Å². The third-order valence-electron chi connectivity index (χ3n) is 8.76. The van der Waals surface area contributed by atoms with Crippen molar-refractivity contribution in [1.82, 2.24) is 4.57 Å². The molecule has 2 N–H and O–H groups in total. The van der Waals surface area contributed by atoms with E-state index in [1.165, 1.54) is 66.0 Å². The summed E-state index contributed by atoms with van der Waals surface area (Å²) in [5.74, 6) is -0.210. The zero-order chi connectivity index (χ0) is 27.6. The molecule has 0 spiro atoms. The monoisotopic (exact) mass is 537 g/mol. The van der Waals surface area contributed by atoms with E-state index in [1.54, 1.807) is 12.1 Å². The summed E-state index contributed by atoms with van der Waals surface area (Å²) in [5.41, 5.74) is 10.6. The second-order valence-corrected chi connectivity index (χ2v) is 11.2. The van der Waals surface area contributed by atoms with Crippen molar-refractivity contribution in [3.05, 3.63) is 84.3 Å². The molecule has 3 aromatic carbocycles. The lowest BCUT2D eigenvalue weighted by Crippen LogP contribution is -2.24. The molecule has 1 saturated carbocycles. The Morgan fingerprint density at radius 2 is 1.50 bits per heavy atom. The summed E-state index contributed by atoms with van der Waals surface area (Å²) in [6.45, 7) is 5.02. The molecular weight excluding hydrogens is 497 g/mol. The highest BCUT2D eigenvalue weighted by Gasteiger charge is 2.26. The van der Waals surface area contributed by atoms with Crippen LogP contribution in [-0.2, 0) is 7.05 Å². The highest BCUT2D eigenvalue weighted by atomic mass is 19.1. The third kappa shape index (κ3) is 5.15. The molecule has 0 bridgehead atoms. The van der Waals surface area contributed by atoms with Gasteiger partial charge in [0, 0.05) is 61.5 Å². The molecule has 2 aliphatic rings. The molecule has 208 valence electrons. The fourth-order valence-electron chi connectivity index (χ4n) is 6.36. The fraction of sp³-hybridized carbons (Fsp3) is 0.353. The van der Waals surface area contributed by atoms with Crippen LogP contribution in [0.25, 0.3) is 22.4 Å². The number of anilines is 4. The molecule has 5 nitrogen and oxygen atoms in total. The van der Waals surface area contributed by atoms with Gasteiger partial charge in [0.1, 0.15) is 5.82 Å². The van der Waals surface area contributed by atoms with Gasteiger partial charge in [0.05, 0.1) is 18.1 Å². The van der Waals surface area contributed by atoms with Crippen molar-refractivity contribution >= 4 is 22.7 Å². The molecule has 2 heterocycles. The van der Waals surface area contributed by atoms with Crippen LogP contribution in [0.15, 0.2) is 72.8 Å². The summed E-state index contributed by atoms with van der Waals surface area (Å²) in [5, 5.41) is 7.17. The number of hydrogen-bond acceptors (Lipinski definition) is 4. The van der Waals surface area contributed by atoms with Crippen molar-refractivity contribution in [3.63, 3.8) is 0 Å². The molecule has 0 unspecified atom stereocenters. The fourth-order valence-corrected chi connectivity index (χ4v) is 6.36. The van der Waals surface area contributed by atoms with Crippen LogP contribution in [0.2, 0.25) is 0 Å². The van der Waals surface area contributed by atoms with Crippen LogP contribution in [0.1, 0.15) is 37.8 Å². The molecule has 6 rings (SSSR count). The number of rotatable bonds is 7. The number of nitrogens with one attached hydrogen (secondary N) is 2. The summed E-state index contributed by atoms with van der Waals surface area (Å²) in [6, 6.07) is 25.0. The number of benzene rings is 3. The summed E-state index contributed by atoms with van der Waals surface area (Å²) in [4.78, 5) is 4.88. The van der Waals surface area contributed by atoms with E-state index >= 15 is 0 Å². The minimum atomic E-state index is -0.210. The largest absolute Gasteiger partial charge is 0.388 e. The van der Waals surface area contributed by atoms with Crippen LogP contribution >= 0.6 is 0 Å². The number of hydrogen-bond donors (Lipinski definition) is 2. The first-order valence-electron chi connectivity index (χ1n) is 14.6. The highest BCUT2D eigenvalue weighted by Crippen LogP contribution is 2.44. The van der Waals surface area contributed by atoms with Gasteiger partial charge < -0.3 is 25.0 Å². The van der Waals surface area contributed by atoms with Crippen LogP contribution in [0.4, 0.5) is 27.1 Å². The average molecular weight is 538 g/mol. The maximum Gasteiger partial charge on any atom is 0.123 e. The molecular formula is C34H40FN5. The van der Waals surface area contributed by atoms with Crippen LogP contribution in [-0.4, -0.2) is 37.4 Å². The maximum absolute atomic E-state index is 13.9. The van der Waals surface area contributed by atoms with Gasteiger partial charge in [-0.15, -0.1) is 0 Å². The van der Waals surface area contributed by atoms with E-state index in [2.05, 4.69) is 87.5 Å². The second-order valence-electron chi connectivity index (χ2n) is 11.2. The van der Waals surface area contributed by atoms with Gasteiger partial charge >= 0.3 is 0 Å². The smallest absolute Gasteiger partial charge is 0.123 e. The van der Waals surface area contributed by atoms with E-state index in [9.17, 15) is 4.39 Å². The molecule has 0 amide bonds. The van der Waals surface area contributed by atoms with Gasteiger partial charge in [0.15, 0.2) is 0 Å². The lowest BCUT2D eigenvalue weighted by Gasteiger charge is -2.25. The minimum absolute atomic E-state index is 0.210. The van der Waals surface area contributed by atoms with Crippen molar-refractivity contribution in [3.8, 4) is 22.4 Å². The molecule has 1 aliphatic heterocycles. The topological polar surface area (TPSA) is 35.5 Å². The van der Waals surface area contributed by atoms with Gasteiger partial charge in [-0.1, -0.05) is 31.4 Å². The molecule has 40 heavy (non-hydrogen) atoms. The van der Waals surface area contributed by atoms with Gasteiger partial charge in [-0.25, -0.2) is 4.39 Å². The summed E-state index contributed by atoms with van der Waals surface area (Å²) >= 11 is 0. The zero-order valence-electron chi connectivity index (χ0n) is 23.9. The Hall–Kier alpha value is -3.93. The molecule has 4 aromatic rings. The van der Waals surface area contributed by atoms with Gasteiger partial charge in [0.25, 0.3) is 0 Å². The van der Waals surface area contributed by atoms with E-state index in [0.29, 0.717) is 6.04 Å². The van der Waals surface area contributed by atoms with Gasteiger partial charge in [0.2, 0.25) is 0 Å². The first kappa shape index (κ1) is 26.3. The molecule has 0 radical (unpaired) electrons. The third-order valence-corrected chi connectivity index (χ3v) is 8.76. The molecule has 1 saturated heterocycles. The van der Waals surface area contributed by atoms with Crippen molar-refractivity contribution < 1.29 is 4.39 Å². The summed E-state index contributed by atoms with van der Waals surface area (Å²) in [7, 11) is 4.08. The normalized spacial score (nSPS) is 16.0. The molecule has 1 aliphatic carbocycles. The lowest BCUT2D eigenvalue weighted by atomic mass is 9.94. The van der Waals surface area contributed by atoms with Gasteiger partial charge in [-0.05, 0) is 91.6 Å². The summed E-state index contributed by atoms with van der Waals surface area (Å²) in [6.07, 6.45) is 6.30. The number of aromatic nitrogens is 1. The molecule has 2 fully saturated rings. The predicted octanol–water partition coefficient (Wildman–Crippen LogP) is 7.88. The zero-order valence-corrected chi connectivity index (χ0v) is 23.9. The van der Waals surface area contributed by atoms with Crippen LogP contribution in [0, 0.1) is 12.7 Å². The number of nitrogens with zero attached hydrogens (tertiary/aromatic N) is 3. The van der Waals surface area contributed by atoms with Crippen molar-refractivity contribution in [2.45, 2.75) is 45.1 Å². The Morgan fingerprint density at radius 1 is 0.800 bits per heavy atom. The first-order chi connectivity index (χ1) is 19.5. The van der Waals surface area contributed by atoms with E-state index < -0.39 is 0 Å². The molecule has 0 atom stereocenters. The SMILES string of the molecule is CNc1ccc(N2CCN(c3cccc(-c4c(NC5CCCCC5)c(C)n(C)c4-c4ccc(F)cc4)c3)C2)cc1. The van der Waals surface area contributed by atoms with Crippen LogP contribution in [0.3, 0.4) is 0 Å². The Morgan fingerprint density at radius 3 is 2.20 bits per heavy atom. The van der Waals surface area contributed by atoms with Crippen molar-refractivity contribution in [2.24, 2.45) is 7.05 Å². The molecule has 1 aromatic heterocycles. The van der Waals surface area contributed by atoms with E-state index in [-0.39, 0.29) is 5.82 Å². The van der Waals surface area contributed by atoms with Crippen LogP contribution < -0.4 is 20.4 Å². The summed E-state index contributed by atoms with van der Waals surface area (Å²) < 4.78 is 16.2. The van der Waals surface area contributed by atoms with E-state index in [4.69, 9.17) is 0 Å². The average Bonchev–Trinajstić information content (AvgIpc) is 3.58. The predicted molar refractivity (Wildman–Crippen MR) is 167 cm³/mol. The lowest BCUT2D eigenvalue weighted by molar-refractivity contribution is 0.462. The Kier molecular flexibility index (Phi) is 7.42. The van der Waals surface area contributed by atoms with Gasteiger partial charge in [-0.2, -0.15) is 0 Å².